The van der Waals surface area contributed by atoms with Crippen molar-refractivity contribution in [1.29, 1.82) is 0 Å². The van der Waals surface area contributed by atoms with E-state index in [4.69, 9.17) is 0 Å². The first-order chi connectivity index (χ1) is 9.12. The molecule has 0 aromatic heterocycles. The monoisotopic (exact) mass is 256 g/mol. The third-order valence-corrected chi connectivity index (χ3v) is 4.68. The molecule has 4 nitrogen and oxygen atoms in total. The zero-order valence-corrected chi connectivity index (χ0v) is 10.6. The molecule has 3 aliphatic carbocycles. The molecule has 3 saturated carbocycles. The van der Waals surface area contributed by atoms with Crippen LogP contribution >= 0.6 is 0 Å². The highest BCUT2D eigenvalue weighted by atomic mass is 16.3. The molecule has 1 N–H and O–H groups in total. The number of hydrogen-bond donors (Lipinski definition) is 1. The predicted octanol–water partition coefficient (Wildman–Crippen LogP) is 1.86. The molecule has 1 unspecified atom stereocenters. The van der Waals surface area contributed by atoms with Crippen molar-refractivity contribution in [1.82, 2.24) is 5.01 Å². The van der Waals surface area contributed by atoms with Gasteiger partial charge in [0.2, 0.25) is 5.91 Å². The van der Waals surface area contributed by atoms with Gasteiger partial charge in [0, 0.05) is 12.6 Å². The second-order valence-electron chi connectivity index (χ2n) is 6.14. The molecule has 4 heteroatoms. The average molecular weight is 256 g/mol. The molecule has 4 aliphatic rings. The zero-order chi connectivity index (χ0) is 13.1. The normalized spacial score (nSPS) is 38.8. The lowest BCUT2D eigenvalue weighted by Crippen LogP contribution is -2.72. The molecule has 1 heterocycles. The Labute approximate surface area is 111 Å². The van der Waals surface area contributed by atoms with Crippen LogP contribution < -0.4 is 0 Å². The Hall–Kier alpha value is -1.68. The number of benzene rings is 1. The molecule has 98 valence electrons. The van der Waals surface area contributed by atoms with Gasteiger partial charge in [-0.25, -0.2) is 5.01 Å². The molecule has 1 atom stereocenters. The number of carbonyl (C=O) groups excluding carboxylic acids is 1. The number of nitrogens with zero attached hydrogens (tertiary/aromatic N) is 2. The summed E-state index contributed by atoms with van der Waals surface area (Å²) in [6, 6.07) is 10.0. The first-order valence-electron chi connectivity index (χ1n) is 6.75. The maximum atomic E-state index is 12.6. The Morgan fingerprint density at radius 1 is 1.26 bits per heavy atom. The molecule has 0 radical (unpaired) electrons. The van der Waals surface area contributed by atoms with Crippen LogP contribution in [0.3, 0.4) is 0 Å². The Morgan fingerprint density at radius 2 is 1.95 bits per heavy atom. The van der Waals surface area contributed by atoms with E-state index in [0.29, 0.717) is 19.3 Å². The molecule has 19 heavy (non-hydrogen) atoms. The molecule has 0 spiro atoms. The Morgan fingerprint density at radius 3 is 2.58 bits per heavy atom. The highest BCUT2D eigenvalue weighted by molar-refractivity contribution is 5.88. The van der Waals surface area contributed by atoms with Gasteiger partial charge in [0.05, 0.1) is 17.1 Å². The Bertz CT molecular complexity index is 547. The van der Waals surface area contributed by atoms with Gasteiger partial charge < -0.3 is 5.11 Å². The fourth-order valence-electron chi connectivity index (χ4n) is 3.77. The highest BCUT2D eigenvalue weighted by Gasteiger charge is 2.72. The van der Waals surface area contributed by atoms with Gasteiger partial charge in [0.25, 0.3) is 0 Å². The van der Waals surface area contributed by atoms with Gasteiger partial charge in [-0.15, -0.1) is 0 Å². The molecule has 1 aromatic rings. The molecular formula is C15H16N2O2. The van der Waals surface area contributed by atoms with E-state index in [1.165, 1.54) is 0 Å². The van der Waals surface area contributed by atoms with Gasteiger partial charge in [-0.1, -0.05) is 30.3 Å². The summed E-state index contributed by atoms with van der Waals surface area (Å²) >= 11 is 0. The molecule has 0 saturated heterocycles. The van der Waals surface area contributed by atoms with E-state index in [2.05, 4.69) is 5.10 Å². The fraction of sp³-hybridized carbons (Fsp3) is 0.467. The van der Waals surface area contributed by atoms with E-state index in [9.17, 15) is 9.90 Å². The van der Waals surface area contributed by atoms with E-state index in [-0.39, 0.29) is 17.4 Å². The van der Waals surface area contributed by atoms with Crippen LogP contribution in [0.15, 0.2) is 35.4 Å². The maximum absolute atomic E-state index is 12.6. The van der Waals surface area contributed by atoms with Crippen molar-refractivity contribution in [2.45, 2.75) is 37.3 Å². The number of hydrogen-bond acceptors (Lipinski definition) is 3. The van der Waals surface area contributed by atoms with Crippen LogP contribution in [0.4, 0.5) is 0 Å². The van der Waals surface area contributed by atoms with Crippen LogP contribution in [0.2, 0.25) is 0 Å². The van der Waals surface area contributed by atoms with Crippen LogP contribution in [0.5, 0.6) is 0 Å². The molecule has 1 amide bonds. The summed E-state index contributed by atoms with van der Waals surface area (Å²) in [5.74, 6) is 0.0889. The summed E-state index contributed by atoms with van der Waals surface area (Å²) in [7, 11) is 0. The smallest absolute Gasteiger partial charge is 0.249 e. The Balaban J connectivity index is 1.57. The van der Waals surface area contributed by atoms with E-state index < -0.39 is 5.60 Å². The van der Waals surface area contributed by atoms with Gasteiger partial charge >= 0.3 is 0 Å². The first-order valence-corrected chi connectivity index (χ1v) is 6.75. The van der Waals surface area contributed by atoms with Crippen LogP contribution in [-0.2, 0) is 4.79 Å². The molecular weight excluding hydrogens is 240 g/mol. The van der Waals surface area contributed by atoms with Crippen molar-refractivity contribution in [2.75, 3.05) is 0 Å². The van der Waals surface area contributed by atoms with Crippen molar-refractivity contribution in [2.24, 2.45) is 10.5 Å². The SMILES string of the molecule is O=C(N1N=CCC1c1ccccc1)C12CC(O)(C1)C2. The highest BCUT2D eigenvalue weighted by Crippen LogP contribution is 2.68. The van der Waals surface area contributed by atoms with Crippen molar-refractivity contribution in [3.05, 3.63) is 35.9 Å². The van der Waals surface area contributed by atoms with Crippen LogP contribution in [0.25, 0.3) is 0 Å². The Kier molecular flexibility index (Phi) is 2.03. The first kappa shape index (κ1) is 11.2. The zero-order valence-electron chi connectivity index (χ0n) is 10.6. The van der Waals surface area contributed by atoms with Crippen LogP contribution in [0, 0.1) is 5.41 Å². The summed E-state index contributed by atoms with van der Waals surface area (Å²) in [5.41, 5.74) is 0.267. The second kappa shape index (κ2) is 3.45. The molecule has 1 aromatic carbocycles. The second-order valence-corrected chi connectivity index (χ2v) is 6.14. The third kappa shape index (κ3) is 1.43. The lowest BCUT2D eigenvalue weighted by atomic mass is 9.41. The van der Waals surface area contributed by atoms with Gasteiger partial charge in [-0.3, -0.25) is 4.79 Å². The summed E-state index contributed by atoms with van der Waals surface area (Å²) in [6.07, 6.45) is 4.44. The summed E-state index contributed by atoms with van der Waals surface area (Å²) in [6.45, 7) is 0. The average Bonchev–Trinajstić information content (AvgIpc) is 2.83. The number of hydrazone groups is 1. The number of carbonyl (C=O) groups is 1. The predicted molar refractivity (Wildman–Crippen MR) is 70.4 cm³/mol. The van der Waals surface area contributed by atoms with Gasteiger partial charge in [0.15, 0.2) is 0 Å². The molecule has 5 rings (SSSR count). The van der Waals surface area contributed by atoms with Crippen molar-refractivity contribution in [3.8, 4) is 0 Å². The van der Waals surface area contributed by atoms with E-state index in [1.807, 2.05) is 36.5 Å². The standard InChI is InChI=1S/C15H16N2O2/c18-13(14-8-15(19,9-14)10-14)17-12(6-7-16-17)11-4-2-1-3-5-11/h1-5,7,12,19H,6,8-10H2. The minimum Gasteiger partial charge on any atom is -0.390 e. The van der Waals surface area contributed by atoms with Crippen LogP contribution in [-0.4, -0.2) is 27.8 Å². The third-order valence-electron chi connectivity index (χ3n) is 4.68. The van der Waals surface area contributed by atoms with Crippen LogP contribution in [0.1, 0.15) is 37.3 Å². The summed E-state index contributed by atoms with van der Waals surface area (Å²) < 4.78 is 0. The van der Waals surface area contributed by atoms with Crippen molar-refractivity contribution < 1.29 is 9.90 Å². The van der Waals surface area contributed by atoms with E-state index in [1.54, 1.807) is 5.01 Å². The molecule has 1 aliphatic heterocycles. The number of rotatable bonds is 2. The van der Waals surface area contributed by atoms with Crippen molar-refractivity contribution >= 4 is 12.1 Å². The lowest BCUT2D eigenvalue weighted by Gasteiger charge is -2.66. The molecule has 3 fully saturated rings. The molecule has 2 bridgehead atoms. The lowest BCUT2D eigenvalue weighted by molar-refractivity contribution is -0.256. The minimum absolute atomic E-state index is 0.0253. The minimum atomic E-state index is -0.540. The van der Waals surface area contributed by atoms with Gasteiger partial charge in [0.1, 0.15) is 0 Å². The summed E-state index contributed by atoms with van der Waals surface area (Å²) in [5, 5.41) is 15.7. The van der Waals surface area contributed by atoms with Gasteiger partial charge in [-0.05, 0) is 24.8 Å². The van der Waals surface area contributed by atoms with Crippen molar-refractivity contribution in [3.63, 3.8) is 0 Å². The topological polar surface area (TPSA) is 52.9 Å². The van der Waals surface area contributed by atoms with E-state index >= 15 is 0 Å². The van der Waals surface area contributed by atoms with Gasteiger partial charge in [-0.2, -0.15) is 5.10 Å². The number of amides is 1. The largest absolute Gasteiger partial charge is 0.390 e. The number of aliphatic hydroxyl groups is 1. The summed E-state index contributed by atoms with van der Waals surface area (Å²) in [4.78, 5) is 12.6. The fourth-order valence-corrected chi connectivity index (χ4v) is 3.77. The van der Waals surface area contributed by atoms with E-state index in [0.717, 1.165) is 12.0 Å². The maximum Gasteiger partial charge on any atom is 0.249 e. The quantitative estimate of drug-likeness (QED) is 0.878.